The van der Waals surface area contributed by atoms with Gasteiger partial charge in [0.2, 0.25) is 5.91 Å². The summed E-state index contributed by atoms with van der Waals surface area (Å²) < 4.78 is 40.2. The molecule has 1 saturated heterocycles. The van der Waals surface area contributed by atoms with Crippen LogP contribution in [0.25, 0.3) is 11.3 Å². The van der Waals surface area contributed by atoms with E-state index in [2.05, 4.69) is 15.6 Å². The smallest absolute Gasteiger partial charge is 0.355 e. The summed E-state index contributed by atoms with van der Waals surface area (Å²) in [6.45, 7) is 0.223. The molecule has 1 fully saturated rings. The van der Waals surface area contributed by atoms with Crippen LogP contribution < -0.4 is 10.6 Å². The van der Waals surface area contributed by atoms with Crippen molar-refractivity contribution < 1.29 is 22.8 Å². The second-order valence-electron chi connectivity index (χ2n) is 7.21. The van der Waals surface area contributed by atoms with Crippen LogP contribution in [0.4, 0.5) is 29.3 Å². The largest absolute Gasteiger partial charge is 0.416 e. The number of aryl methyl sites for hydroxylation is 1. The van der Waals surface area contributed by atoms with Gasteiger partial charge in [-0.3, -0.25) is 10.1 Å². The molecule has 160 valence electrons. The molecule has 10 heteroatoms. The van der Waals surface area contributed by atoms with Crippen LogP contribution in [0.15, 0.2) is 55.0 Å². The maximum absolute atomic E-state index is 12.8. The first-order valence-electron chi connectivity index (χ1n) is 9.33. The van der Waals surface area contributed by atoms with E-state index in [1.807, 2.05) is 19.3 Å². The van der Waals surface area contributed by atoms with Gasteiger partial charge in [-0.05, 0) is 42.0 Å². The summed E-state index contributed by atoms with van der Waals surface area (Å²) in [4.78, 5) is 29.0. The lowest BCUT2D eigenvalue weighted by atomic mass is 10.0. The standard InChI is InChI=1S/C21H18F3N5O2/c1-28-10-18(25-12-28)16-8-13(9-29-11-19(30)27-20(29)31)2-7-17(16)26-15-5-3-14(4-6-15)21(22,23)24/h2-8,10,12,26H,9,11H2,1H3,(H,27,30,31). The molecule has 2 N–H and O–H groups in total. The zero-order valence-corrected chi connectivity index (χ0v) is 16.4. The van der Waals surface area contributed by atoms with Crippen molar-refractivity contribution in [2.75, 3.05) is 11.9 Å². The van der Waals surface area contributed by atoms with Gasteiger partial charge in [0.15, 0.2) is 0 Å². The molecule has 2 aromatic carbocycles. The molecule has 1 aromatic heterocycles. The number of carbonyl (C=O) groups is 2. The first-order valence-corrected chi connectivity index (χ1v) is 9.33. The number of rotatable bonds is 5. The zero-order chi connectivity index (χ0) is 22.2. The van der Waals surface area contributed by atoms with Crippen molar-refractivity contribution in [3.63, 3.8) is 0 Å². The normalized spacial score (nSPS) is 14.1. The van der Waals surface area contributed by atoms with Crippen molar-refractivity contribution in [1.82, 2.24) is 19.8 Å². The Morgan fingerprint density at radius 1 is 1.13 bits per heavy atom. The monoisotopic (exact) mass is 429 g/mol. The number of alkyl halides is 3. The maximum atomic E-state index is 12.8. The average Bonchev–Trinajstić information content (AvgIpc) is 3.27. The molecule has 31 heavy (non-hydrogen) atoms. The van der Waals surface area contributed by atoms with Crippen molar-refractivity contribution in [3.8, 4) is 11.3 Å². The summed E-state index contributed by atoms with van der Waals surface area (Å²) in [5.41, 5.74) is 2.55. The van der Waals surface area contributed by atoms with Gasteiger partial charge < -0.3 is 14.8 Å². The Bertz CT molecular complexity index is 1140. The Balaban J connectivity index is 1.64. The van der Waals surface area contributed by atoms with Crippen molar-refractivity contribution in [2.24, 2.45) is 7.05 Å². The van der Waals surface area contributed by atoms with Crippen LogP contribution in [0.2, 0.25) is 0 Å². The molecule has 2 heterocycles. The number of urea groups is 1. The summed E-state index contributed by atoms with van der Waals surface area (Å²) in [7, 11) is 1.82. The minimum Gasteiger partial charge on any atom is -0.355 e. The molecular weight excluding hydrogens is 411 g/mol. The van der Waals surface area contributed by atoms with Gasteiger partial charge in [0.1, 0.15) is 6.54 Å². The fraction of sp³-hybridized carbons (Fsp3) is 0.190. The van der Waals surface area contributed by atoms with Crippen LogP contribution in [0.3, 0.4) is 0 Å². The molecule has 0 unspecified atom stereocenters. The summed E-state index contributed by atoms with van der Waals surface area (Å²) in [5, 5.41) is 5.37. The zero-order valence-electron chi connectivity index (χ0n) is 16.4. The third kappa shape index (κ3) is 4.52. The predicted molar refractivity (Wildman–Crippen MR) is 107 cm³/mol. The number of anilines is 2. The molecule has 0 atom stereocenters. The van der Waals surface area contributed by atoms with Gasteiger partial charge in [0, 0.05) is 36.7 Å². The van der Waals surface area contributed by atoms with E-state index in [-0.39, 0.29) is 19.0 Å². The van der Waals surface area contributed by atoms with Crippen LogP contribution in [0.5, 0.6) is 0 Å². The summed E-state index contributed by atoms with van der Waals surface area (Å²) >= 11 is 0. The van der Waals surface area contributed by atoms with Gasteiger partial charge in [-0.2, -0.15) is 13.2 Å². The maximum Gasteiger partial charge on any atom is 0.416 e. The van der Waals surface area contributed by atoms with Gasteiger partial charge in [-0.15, -0.1) is 0 Å². The highest BCUT2D eigenvalue weighted by Crippen LogP contribution is 2.33. The molecule has 7 nitrogen and oxygen atoms in total. The second kappa shape index (κ2) is 7.78. The number of nitrogens with one attached hydrogen (secondary N) is 2. The number of aromatic nitrogens is 2. The highest BCUT2D eigenvalue weighted by atomic mass is 19.4. The van der Waals surface area contributed by atoms with Crippen molar-refractivity contribution in [1.29, 1.82) is 0 Å². The fourth-order valence-electron chi connectivity index (χ4n) is 3.29. The highest BCUT2D eigenvalue weighted by molar-refractivity contribution is 6.01. The Hall–Kier alpha value is -3.82. The van der Waals surface area contributed by atoms with Crippen LogP contribution in [0, 0.1) is 0 Å². The summed E-state index contributed by atoms with van der Waals surface area (Å²) in [6.07, 6.45) is -0.956. The topological polar surface area (TPSA) is 79.3 Å². The van der Waals surface area contributed by atoms with Gasteiger partial charge in [-0.1, -0.05) is 6.07 Å². The lowest BCUT2D eigenvalue weighted by Crippen LogP contribution is -2.27. The number of hydrogen-bond acceptors (Lipinski definition) is 4. The van der Waals surface area contributed by atoms with Crippen LogP contribution in [0.1, 0.15) is 11.1 Å². The molecule has 0 spiro atoms. The molecule has 1 aliphatic heterocycles. The average molecular weight is 429 g/mol. The number of hydrogen-bond donors (Lipinski definition) is 2. The number of amides is 3. The van der Waals surface area contributed by atoms with E-state index in [1.165, 1.54) is 17.0 Å². The van der Waals surface area contributed by atoms with E-state index in [9.17, 15) is 22.8 Å². The SMILES string of the molecule is Cn1cnc(-c2cc(CN3CC(=O)NC3=O)ccc2Nc2ccc(C(F)(F)F)cc2)c1. The van der Waals surface area contributed by atoms with Crippen molar-refractivity contribution >= 4 is 23.3 Å². The van der Waals surface area contributed by atoms with Gasteiger partial charge in [-0.25, -0.2) is 9.78 Å². The summed E-state index contributed by atoms with van der Waals surface area (Å²) in [6, 6.07) is 9.70. The number of halogens is 3. The van der Waals surface area contributed by atoms with Gasteiger partial charge in [0.05, 0.1) is 17.6 Å². The lowest BCUT2D eigenvalue weighted by molar-refractivity contribution is -0.137. The third-order valence-corrected chi connectivity index (χ3v) is 4.80. The minimum absolute atomic E-state index is 0.0106. The Kier molecular flexibility index (Phi) is 5.14. The van der Waals surface area contributed by atoms with E-state index in [0.29, 0.717) is 22.6 Å². The van der Waals surface area contributed by atoms with E-state index >= 15 is 0 Å². The number of imide groups is 1. The number of carbonyl (C=O) groups excluding carboxylic acids is 2. The highest BCUT2D eigenvalue weighted by Gasteiger charge is 2.30. The molecule has 0 bridgehead atoms. The van der Waals surface area contributed by atoms with Crippen molar-refractivity contribution in [2.45, 2.75) is 12.7 Å². The molecular formula is C21H18F3N5O2. The number of benzene rings is 2. The number of nitrogens with zero attached hydrogens (tertiary/aromatic N) is 3. The second-order valence-corrected chi connectivity index (χ2v) is 7.21. The predicted octanol–water partition coefficient (Wildman–Crippen LogP) is 3.90. The third-order valence-electron chi connectivity index (χ3n) is 4.80. The molecule has 4 rings (SSSR count). The molecule has 3 amide bonds. The fourth-order valence-corrected chi connectivity index (χ4v) is 3.29. The molecule has 3 aromatic rings. The molecule has 0 aliphatic carbocycles. The van der Waals surface area contributed by atoms with Crippen LogP contribution in [-0.4, -0.2) is 32.9 Å². The van der Waals surface area contributed by atoms with Crippen LogP contribution >= 0.6 is 0 Å². The van der Waals surface area contributed by atoms with E-state index < -0.39 is 17.8 Å². The minimum atomic E-state index is -4.40. The number of imidazole rings is 1. The van der Waals surface area contributed by atoms with Crippen LogP contribution in [-0.2, 0) is 24.6 Å². The van der Waals surface area contributed by atoms with E-state index in [0.717, 1.165) is 17.7 Å². The quantitative estimate of drug-likeness (QED) is 0.603. The molecule has 1 aliphatic rings. The summed E-state index contributed by atoms with van der Waals surface area (Å²) in [5.74, 6) is -0.351. The Labute approximate surface area is 175 Å². The Morgan fingerprint density at radius 3 is 2.45 bits per heavy atom. The van der Waals surface area contributed by atoms with E-state index in [1.54, 1.807) is 23.0 Å². The van der Waals surface area contributed by atoms with Crippen molar-refractivity contribution in [3.05, 3.63) is 66.1 Å². The van der Waals surface area contributed by atoms with E-state index in [4.69, 9.17) is 0 Å². The van der Waals surface area contributed by atoms with Gasteiger partial charge >= 0.3 is 12.2 Å². The molecule has 0 radical (unpaired) electrons. The Morgan fingerprint density at radius 2 is 1.87 bits per heavy atom. The lowest BCUT2D eigenvalue weighted by Gasteiger charge is -2.17. The first kappa shape index (κ1) is 20.5. The molecule has 0 saturated carbocycles. The first-order chi connectivity index (χ1) is 14.7. The van der Waals surface area contributed by atoms with Gasteiger partial charge in [0.25, 0.3) is 0 Å².